The molecule has 0 aliphatic carbocycles. The van der Waals surface area contributed by atoms with Crippen LogP contribution < -0.4 is 16.0 Å². The number of nitrogens with two attached hydrogens (primary N) is 1. The Morgan fingerprint density at radius 1 is 1.03 bits per heavy atom. The fourth-order valence-corrected chi connectivity index (χ4v) is 4.68. The van der Waals surface area contributed by atoms with Crippen molar-refractivity contribution in [2.24, 2.45) is 0 Å². The van der Waals surface area contributed by atoms with E-state index in [1.807, 2.05) is 25.1 Å². The number of hydrogen-bond donors (Lipinski definition) is 3. The van der Waals surface area contributed by atoms with E-state index in [0.29, 0.717) is 28.5 Å². The number of nitrogens with zero attached hydrogens (tertiary/aromatic N) is 4. The summed E-state index contributed by atoms with van der Waals surface area (Å²) < 4.78 is 0. The number of anilines is 3. The third kappa shape index (κ3) is 4.57. The molecule has 1 aliphatic heterocycles. The molecule has 5 rings (SSSR count). The first kappa shape index (κ1) is 24.2. The van der Waals surface area contributed by atoms with Crippen molar-refractivity contribution in [1.29, 1.82) is 5.41 Å². The lowest BCUT2D eigenvalue weighted by Gasteiger charge is -2.34. The summed E-state index contributed by atoms with van der Waals surface area (Å²) in [5, 5.41) is 12.8. The predicted molar refractivity (Wildman–Crippen MR) is 152 cm³/mol. The molecule has 0 bridgehead atoms. The third-order valence-electron chi connectivity index (χ3n) is 6.36. The number of nitrogens with one attached hydrogen (secondary N) is 2. The van der Waals surface area contributed by atoms with Crippen molar-refractivity contribution in [1.82, 2.24) is 15.0 Å². The lowest BCUT2D eigenvalue weighted by Crippen LogP contribution is -2.30. The fraction of sp³-hybridized carbons (Fsp3) is 0.103. The summed E-state index contributed by atoms with van der Waals surface area (Å²) in [6.07, 6.45) is 5.31. The van der Waals surface area contributed by atoms with Gasteiger partial charge in [0.25, 0.3) is 0 Å². The van der Waals surface area contributed by atoms with Gasteiger partial charge in [0.1, 0.15) is 23.8 Å². The molecule has 8 heteroatoms. The molecule has 0 unspecified atom stereocenters. The van der Waals surface area contributed by atoms with Crippen molar-refractivity contribution in [3.63, 3.8) is 0 Å². The number of nitrogen functional groups attached to an aromatic ring is 1. The number of benzene rings is 2. The number of fused-ring (bicyclic) bond motifs is 1. The molecule has 184 valence electrons. The highest BCUT2D eigenvalue weighted by atomic mass is 35.5. The first-order valence-electron chi connectivity index (χ1n) is 11.8. The summed E-state index contributed by atoms with van der Waals surface area (Å²) in [6.45, 7) is 8.96. The summed E-state index contributed by atoms with van der Waals surface area (Å²) in [5.74, 6) is 1.50. The van der Waals surface area contributed by atoms with E-state index >= 15 is 0 Å². The van der Waals surface area contributed by atoms with Gasteiger partial charge in [-0.1, -0.05) is 54.6 Å². The standard InChI is InChI=1S/C29H26ClN7/c1-17-6-4-8-21-14-23(37(19(3)24(17)21)29-18(2)7-5-13-33-29)15-34-28-25(27(32)35-16-36-28)26(31)20-9-11-22(30)12-10-20/h4-14,16,31H,3,15H2,1-2H3,(H3,32,34,35,36). The molecule has 4 aromatic rings. The van der Waals surface area contributed by atoms with Crippen molar-refractivity contribution in [3.05, 3.63) is 118 Å². The SMILES string of the molecule is C=C1c2c(C)cccc2C=C(CNc2ncnc(N)c2C(=N)c2ccc(Cl)cc2)N1c1ncccc1C. The molecular formula is C29H26ClN7. The van der Waals surface area contributed by atoms with E-state index in [1.165, 1.54) is 6.33 Å². The molecule has 0 spiro atoms. The zero-order valence-corrected chi connectivity index (χ0v) is 21.3. The Morgan fingerprint density at radius 3 is 2.54 bits per heavy atom. The Balaban J connectivity index is 1.54. The van der Waals surface area contributed by atoms with E-state index in [4.69, 9.17) is 22.7 Å². The molecule has 2 aromatic carbocycles. The molecule has 0 saturated heterocycles. The predicted octanol–water partition coefficient (Wildman–Crippen LogP) is 6.08. The maximum atomic E-state index is 8.81. The quantitative estimate of drug-likeness (QED) is 0.273. The average Bonchev–Trinajstić information content (AvgIpc) is 2.88. The Morgan fingerprint density at radius 2 is 1.78 bits per heavy atom. The van der Waals surface area contributed by atoms with Gasteiger partial charge in [-0.2, -0.15) is 0 Å². The molecule has 0 radical (unpaired) electrons. The van der Waals surface area contributed by atoms with E-state index in [0.717, 1.165) is 39.5 Å². The first-order valence-corrected chi connectivity index (χ1v) is 12.1. The van der Waals surface area contributed by atoms with Gasteiger partial charge in [-0.25, -0.2) is 15.0 Å². The van der Waals surface area contributed by atoms with Gasteiger partial charge in [-0.05, 0) is 54.8 Å². The average molecular weight is 508 g/mol. The van der Waals surface area contributed by atoms with E-state index in [9.17, 15) is 0 Å². The van der Waals surface area contributed by atoms with Crippen LogP contribution in [0.2, 0.25) is 5.02 Å². The molecule has 0 atom stereocenters. The van der Waals surface area contributed by atoms with E-state index in [2.05, 4.69) is 56.9 Å². The molecule has 2 aromatic heterocycles. The number of pyridine rings is 1. The summed E-state index contributed by atoms with van der Waals surface area (Å²) in [7, 11) is 0. The highest BCUT2D eigenvalue weighted by molar-refractivity contribution is 6.30. The van der Waals surface area contributed by atoms with E-state index in [-0.39, 0.29) is 11.5 Å². The van der Waals surface area contributed by atoms with Gasteiger partial charge in [-0.15, -0.1) is 0 Å². The normalized spacial score (nSPS) is 12.7. The van der Waals surface area contributed by atoms with Gasteiger partial charge in [0.05, 0.1) is 17.8 Å². The third-order valence-corrected chi connectivity index (χ3v) is 6.61. The largest absolute Gasteiger partial charge is 0.383 e. The topological polar surface area (TPSA) is 104 Å². The Hall–Kier alpha value is -4.49. The summed E-state index contributed by atoms with van der Waals surface area (Å²) in [5.41, 5.74) is 13.7. The Bertz CT molecular complexity index is 1560. The molecular weight excluding hydrogens is 482 g/mol. The lowest BCUT2D eigenvalue weighted by molar-refractivity contribution is 1.03. The van der Waals surface area contributed by atoms with E-state index < -0.39 is 0 Å². The number of aryl methyl sites for hydroxylation is 2. The maximum Gasteiger partial charge on any atom is 0.141 e. The number of rotatable bonds is 6. The number of aromatic nitrogens is 3. The molecule has 0 saturated carbocycles. The lowest BCUT2D eigenvalue weighted by atomic mass is 9.94. The zero-order valence-electron chi connectivity index (χ0n) is 20.6. The molecule has 1 aliphatic rings. The molecule has 3 heterocycles. The van der Waals surface area contributed by atoms with Gasteiger partial charge < -0.3 is 11.1 Å². The smallest absolute Gasteiger partial charge is 0.141 e. The summed E-state index contributed by atoms with van der Waals surface area (Å²) in [6, 6.07) is 17.2. The maximum absolute atomic E-state index is 8.81. The highest BCUT2D eigenvalue weighted by Crippen LogP contribution is 2.38. The van der Waals surface area contributed by atoms with Crippen LogP contribution in [0.3, 0.4) is 0 Å². The Labute approximate surface area is 220 Å². The van der Waals surface area contributed by atoms with Crippen LogP contribution in [0, 0.1) is 19.3 Å². The Kier molecular flexibility index (Phi) is 6.46. The van der Waals surface area contributed by atoms with Crippen LogP contribution in [0.25, 0.3) is 11.8 Å². The fourth-order valence-electron chi connectivity index (χ4n) is 4.55. The van der Waals surface area contributed by atoms with Crippen molar-refractivity contribution in [2.45, 2.75) is 13.8 Å². The minimum absolute atomic E-state index is 0.206. The number of halogens is 1. The monoisotopic (exact) mass is 507 g/mol. The summed E-state index contributed by atoms with van der Waals surface area (Å²) in [4.78, 5) is 15.3. The molecule has 0 amide bonds. The van der Waals surface area contributed by atoms with Gasteiger partial charge in [0, 0.05) is 33.7 Å². The zero-order chi connectivity index (χ0) is 26.1. The minimum atomic E-state index is 0.206. The van der Waals surface area contributed by atoms with Crippen LogP contribution in [0.15, 0.2) is 79.4 Å². The van der Waals surface area contributed by atoms with Gasteiger partial charge in [0.2, 0.25) is 0 Å². The second-order valence-corrected chi connectivity index (χ2v) is 9.26. The van der Waals surface area contributed by atoms with Crippen LogP contribution in [-0.2, 0) is 0 Å². The van der Waals surface area contributed by atoms with Crippen LogP contribution in [0.1, 0.15) is 33.4 Å². The highest BCUT2D eigenvalue weighted by Gasteiger charge is 2.27. The minimum Gasteiger partial charge on any atom is -0.383 e. The molecule has 37 heavy (non-hydrogen) atoms. The van der Waals surface area contributed by atoms with Crippen molar-refractivity contribution >= 4 is 46.5 Å². The van der Waals surface area contributed by atoms with Crippen molar-refractivity contribution in [2.75, 3.05) is 22.5 Å². The van der Waals surface area contributed by atoms with E-state index in [1.54, 1.807) is 30.5 Å². The van der Waals surface area contributed by atoms with Gasteiger partial charge >= 0.3 is 0 Å². The van der Waals surface area contributed by atoms with Crippen LogP contribution in [0.4, 0.5) is 17.5 Å². The molecule has 7 nitrogen and oxygen atoms in total. The summed E-state index contributed by atoms with van der Waals surface area (Å²) >= 11 is 6.04. The first-order chi connectivity index (χ1) is 17.8. The second kappa shape index (κ2) is 9.87. The second-order valence-electron chi connectivity index (χ2n) is 8.82. The van der Waals surface area contributed by atoms with Crippen LogP contribution >= 0.6 is 11.6 Å². The van der Waals surface area contributed by atoms with Crippen molar-refractivity contribution < 1.29 is 0 Å². The van der Waals surface area contributed by atoms with Gasteiger partial charge in [-0.3, -0.25) is 10.3 Å². The van der Waals surface area contributed by atoms with Gasteiger partial charge in [0.15, 0.2) is 0 Å². The van der Waals surface area contributed by atoms with Crippen LogP contribution in [0.5, 0.6) is 0 Å². The molecule has 4 N–H and O–H groups in total. The van der Waals surface area contributed by atoms with Crippen LogP contribution in [-0.4, -0.2) is 27.2 Å². The molecule has 0 fully saturated rings. The van der Waals surface area contributed by atoms with Crippen molar-refractivity contribution in [3.8, 4) is 0 Å². The number of hydrogen-bond acceptors (Lipinski definition) is 7.